The number of carbonyl (C=O) groups is 4. The maximum Gasteiger partial charge on any atom is 0.337 e. The number of ketones is 1. The van der Waals surface area contributed by atoms with Gasteiger partial charge < -0.3 is 29.4 Å². The van der Waals surface area contributed by atoms with Gasteiger partial charge in [-0.25, -0.2) is 4.79 Å². The number of methoxy groups -OCH3 is 1. The van der Waals surface area contributed by atoms with E-state index in [1.165, 1.54) is 7.11 Å². The van der Waals surface area contributed by atoms with E-state index in [0.717, 1.165) is 29.5 Å². The number of esters is 1. The van der Waals surface area contributed by atoms with Crippen LogP contribution in [-0.2, 0) is 4.74 Å². The van der Waals surface area contributed by atoms with E-state index in [9.17, 15) is 19.2 Å². The molecule has 1 spiro atoms. The van der Waals surface area contributed by atoms with Gasteiger partial charge in [-0.2, -0.15) is 0 Å². The van der Waals surface area contributed by atoms with Gasteiger partial charge in [0, 0.05) is 43.7 Å². The zero-order valence-electron chi connectivity index (χ0n) is 25.8. The molecule has 236 valence electrons. The molecule has 2 amide bonds. The average molecular weight is 622 g/mol. The van der Waals surface area contributed by atoms with Crippen molar-refractivity contribution in [3.63, 3.8) is 0 Å². The highest BCUT2D eigenvalue weighted by molar-refractivity contribution is 6.11. The molecule has 1 saturated carbocycles. The van der Waals surface area contributed by atoms with Gasteiger partial charge in [-0.05, 0) is 67.3 Å². The first-order valence-electron chi connectivity index (χ1n) is 15.7. The minimum atomic E-state index is -0.690. The molecule has 1 aliphatic carbocycles. The van der Waals surface area contributed by atoms with Crippen molar-refractivity contribution in [2.45, 2.75) is 50.7 Å². The lowest BCUT2D eigenvalue weighted by molar-refractivity contribution is -0.00572. The summed E-state index contributed by atoms with van der Waals surface area (Å²) in [6.07, 6.45) is 5.03. The minimum absolute atomic E-state index is 0.00935. The summed E-state index contributed by atoms with van der Waals surface area (Å²) in [5, 5.41) is 0.641. The maximum atomic E-state index is 13.9. The summed E-state index contributed by atoms with van der Waals surface area (Å²) in [6, 6.07) is 16.4. The Labute approximate surface area is 266 Å². The number of aromatic nitrogens is 1. The molecule has 1 aromatic heterocycles. The van der Waals surface area contributed by atoms with E-state index in [-0.39, 0.29) is 24.2 Å². The molecule has 2 N–H and O–H groups in total. The van der Waals surface area contributed by atoms with Crippen molar-refractivity contribution in [3.05, 3.63) is 83.0 Å². The summed E-state index contributed by atoms with van der Waals surface area (Å²) in [6.45, 7) is 3.09. The molecule has 3 aromatic carbocycles. The van der Waals surface area contributed by atoms with E-state index >= 15 is 0 Å². The van der Waals surface area contributed by atoms with Crippen molar-refractivity contribution < 1.29 is 33.4 Å². The standard InChI is InChI=1S/C36H35N3O7/c1-3-45-31-18-24(17-28-32(31)27(33(37)41)20-39(28)25-8-9-25)34(42)38-13-11-36(12-14-38)19-29(40)26-16-22(7-10-30(26)46-36)21-5-4-6-23(15-21)35(43)44-2/h4-7,10,15-18,20,25H,3,8-9,11-14,19H2,1-2H3,(H2,37,41). The molecule has 0 unspecified atom stereocenters. The van der Waals surface area contributed by atoms with E-state index in [1.54, 1.807) is 35.4 Å². The van der Waals surface area contributed by atoms with Gasteiger partial charge in [0.25, 0.3) is 11.8 Å². The van der Waals surface area contributed by atoms with Gasteiger partial charge in [0.1, 0.15) is 17.1 Å². The molecule has 4 aromatic rings. The number of benzene rings is 3. The lowest BCUT2D eigenvalue weighted by Crippen LogP contribution is -2.52. The molecule has 10 heteroatoms. The van der Waals surface area contributed by atoms with Crippen LogP contribution in [0.5, 0.6) is 11.5 Å². The van der Waals surface area contributed by atoms with Crippen LogP contribution in [0.3, 0.4) is 0 Å². The van der Waals surface area contributed by atoms with Crippen molar-refractivity contribution in [1.82, 2.24) is 9.47 Å². The summed E-state index contributed by atoms with van der Waals surface area (Å²) in [5.74, 6) is -0.0983. The molecule has 0 radical (unpaired) electrons. The number of nitrogens with two attached hydrogens (primary N) is 1. The van der Waals surface area contributed by atoms with Crippen LogP contribution in [-0.4, -0.2) is 65.4 Å². The topological polar surface area (TPSA) is 130 Å². The molecule has 1 saturated heterocycles. The molecule has 3 aliphatic rings. The summed E-state index contributed by atoms with van der Waals surface area (Å²) >= 11 is 0. The number of Topliss-reactive ketones (excluding diaryl/α,β-unsaturated/α-hetero) is 1. The van der Waals surface area contributed by atoms with Gasteiger partial charge in [0.15, 0.2) is 5.78 Å². The highest BCUT2D eigenvalue weighted by atomic mass is 16.5. The number of hydrogen-bond acceptors (Lipinski definition) is 7. The number of rotatable bonds is 7. The SMILES string of the molecule is CCOc1cc(C(=O)N2CCC3(CC2)CC(=O)c2cc(-c4cccc(C(=O)OC)c4)ccc2O3)cc2c1c(C(N)=O)cn2C1CC1. The lowest BCUT2D eigenvalue weighted by Gasteiger charge is -2.44. The first-order valence-corrected chi connectivity index (χ1v) is 15.7. The molecule has 46 heavy (non-hydrogen) atoms. The first-order chi connectivity index (χ1) is 22.2. The number of carbonyl (C=O) groups excluding carboxylic acids is 4. The smallest absolute Gasteiger partial charge is 0.337 e. The third kappa shape index (κ3) is 5.17. The zero-order valence-corrected chi connectivity index (χ0v) is 25.8. The molecule has 3 heterocycles. The number of nitrogens with zero attached hydrogens (tertiary/aromatic N) is 2. The fourth-order valence-electron chi connectivity index (χ4n) is 6.78. The van der Waals surface area contributed by atoms with Crippen LogP contribution in [0.1, 0.15) is 86.5 Å². The third-order valence-corrected chi connectivity index (χ3v) is 9.32. The number of ether oxygens (including phenoxy) is 3. The Bertz CT molecular complexity index is 1910. The molecule has 0 bridgehead atoms. The Morgan fingerprint density at radius 1 is 1.00 bits per heavy atom. The second-order valence-electron chi connectivity index (χ2n) is 12.3. The Morgan fingerprint density at radius 2 is 1.76 bits per heavy atom. The predicted octanol–water partition coefficient (Wildman–Crippen LogP) is 5.57. The maximum absolute atomic E-state index is 13.9. The summed E-state index contributed by atoms with van der Waals surface area (Å²) in [4.78, 5) is 53.4. The van der Waals surface area contributed by atoms with Crippen LogP contribution in [0.2, 0.25) is 0 Å². The predicted molar refractivity (Wildman–Crippen MR) is 171 cm³/mol. The molecule has 7 rings (SSSR count). The number of likely N-dealkylation sites (tertiary alicyclic amines) is 1. The second kappa shape index (κ2) is 11.3. The van der Waals surface area contributed by atoms with Gasteiger partial charge in [0.2, 0.25) is 0 Å². The number of amides is 2. The third-order valence-electron chi connectivity index (χ3n) is 9.32. The number of hydrogen-bond donors (Lipinski definition) is 1. The van der Waals surface area contributed by atoms with Crippen molar-refractivity contribution in [2.24, 2.45) is 5.73 Å². The van der Waals surface area contributed by atoms with Gasteiger partial charge in [-0.3, -0.25) is 14.4 Å². The van der Waals surface area contributed by atoms with E-state index < -0.39 is 17.5 Å². The highest BCUT2D eigenvalue weighted by Crippen LogP contribution is 2.43. The molecule has 2 aliphatic heterocycles. The van der Waals surface area contributed by atoms with Crippen LogP contribution in [0, 0.1) is 0 Å². The van der Waals surface area contributed by atoms with E-state index in [4.69, 9.17) is 19.9 Å². The molecular formula is C36H35N3O7. The van der Waals surface area contributed by atoms with Crippen LogP contribution in [0.15, 0.2) is 60.8 Å². The molecule has 10 nitrogen and oxygen atoms in total. The first kappa shape index (κ1) is 29.6. The number of piperidine rings is 1. The van der Waals surface area contributed by atoms with Crippen LogP contribution >= 0.6 is 0 Å². The average Bonchev–Trinajstić information content (AvgIpc) is 3.83. The normalized spacial score (nSPS) is 17.0. The Hall–Kier alpha value is -5.12. The van der Waals surface area contributed by atoms with Crippen LogP contribution < -0.4 is 15.2 Å². The number of fused-ring (bicyclic) bond motifs is 2. The van der Waals surface area contributed by atoms with Gasteiger partial charge in [0.05, 0.1) is 47.7 Å². The zero-order chi connectivity index (χ0) is 32.2. The van der Waals surface area contributed by atoms with Gasteiger partial charge >= 0.3 is 5.97 Å². The second-order valence-corrected chi connectivity index (χ2v) is 12.3. The Morgan fingerprint density at radius 3 is 2.46 bits per heavy atom. The van der Waals surface area contributed by atoms with E-state index in [2.05, 4.69) is 0 Å². The summed E-state index contributed by atoms with van der Waals surface area (Å²) in [7, 11) is 1.34. The minimum Gasteiger partial charge on any atom is -0.493 e. The molecular weight excluding hydrogens is 586 g/mol. The Balaban J connectivity index is 1.10. The van der Waals surface area contributed by atoms with Crippen LogP contribution in [0.25, 0.3) is 22.0 Å². The van der Waals surface area contributed by atoms with Gasteiger partial charge in [-0.15, -0.1) is 0 Å². The fraction of sp³-hybridized carbons (Fsp3) is 0.333. The Kier molecular flexibility index (Phi) is 7.30. The van der Waals surface area contributed by atoms with Crippen molar-refractivity contribution >= 4 is 34.5 Å². The van der Waals surface area contributed by atoms with Crippen LogP contribution in [0.4, 0.5) is 0 Å². The highest BCUT2D eigenvalue weighted by Gasteiger charge is 2.44. The van der Waals surface area contributed by atoms with Crippen molar-refractivity contribution in [2.75, 3.05) is 26.8 Å². The summed E-state index contributed by atoms with van der Waals surface area (Å²) < 4.78 is 19.3. The lowest BCUT2D eigenvalue weighted by atomic mass is 9.82. The monoisotopic (exact) mass is 621 g/mol. The van der Waals surface area contributed by atoms with Crippen molar-refractivity contribution in [3.8, 4) is 22.6 Å². The van der Waals surface area contributed by atoms with Crippen molar-refractivity contribution in [1.29, 1.82) is 0 Å². The summed E-state index contributed by atoms with van der Waals surface area (Å²) in [5.41, 5.74) is 9.22. The fourth-order valence-corrected chi connectivity index (χ4v) is 6.78. The molecule has 2 fully saturated rings. The number of primary amides is 1. The van der Waals surface area contributed by atoms with Gasteiger partial charge in [-0.1, -0.05) is 18.2 Å². The quantitative estimate of drug-likeness (QED) is 0.267. The molecule has 0 atom stereocenters. The van der Waals surface area contributed by atoms with E-state index in [1.807, 2.05) is 41.8 Å². The largest absolute Gasteiger partial charge is 0.493 e. The van der Waals surface area contributed by atoms with E-state index in [0.29, 0.717) is 71.7 Å².